The normalized spacial score (nSPS) is 24.5. The van der Waals surface area contributed by atoms with Crippen LogP contribution in [-0.4, -0.2) is 12.6 Å². The van der Waals surface area contributed by atoms with E-state index in [2.05, 4.69) is 52.9 Å². The predicted molar refractivity (Wildman–Crippen MR) is 75.1 cm³/mol. The van der Waals surface area contributed by atoms with Gasteiger partial charge in [0.05, 0.1) is 17.8 Å². The summed E-state index contributed by atoms with van der Waals surface area (Å²) in [6, 6.07) is 19.6. The van der Waals surface area contributed by atoms with Crippen LogP contribution in [0.3, 0.4) is 0 Å². The second-order valence-electron chi connectivity index (χ2n) is 5.13. The molecule has 0 saturated carbocycles. The van der Waals surface area contributed by atoms with Crippen LogP contribution in [0.1, 0.15) is 18.0 Å². The molecule has 19 heavy (non-hydrogen) atoms. The Hall–Kier alpha value is -2.00. The molecule has 96 valence electrons. The minimum atomic E-state index is 0.376. The lowest BCUT2D eigenvalue weighted by molar-refractivity contribution is 0.268. The highest BCUT2D eigenvalue weighted by molar-refractivity contribution is 5.60. The van der Waals surface area contributed by atoms with Crippen molar-refractivity contribution < 1.29 is 4.74 Å². The lowest BCUT2D eigenvalue weighted by Crippen LogP contribution is -2.43. The molecule has 1 saturated heterocycles. The molecule has 1 fully saturated rings. The summed E-state index contributed by atoms with van der Waals surface area (Å²) in [5, 5.41) is 2.27. The molecule has 2 atom stereocenters. The first kappa shape index (κ1) is 10.9. The van der Waals surface area contributed by atoms with Gasteiger partial charge in [-0.1, -0.05) is 42.5 Å². The van der Waals surface area contributed by atoms with E-state index in [-0.39, 0.29) is 0 Å². The predicted octanol–water partition coefficient (Wildman–Crippen LogP) is 2.90. The Morgan fingerprint density at radius 2 is 1.79 bits per heavy atom. The summed E-state index contributed by atoms with van der Waals surface area (Å²) >= 11 is 0. The first-order valence-corrected chi connectivity index (χ1v) is 6.74. The van der Waals surface area contributed by atoms with E-state index in [4.69, 9.17) is 4.74 Å². The van der Waals surface area contributed by atoms with Crippen LogP contribution < -0.4 is 15.2 Å². The summed E-state index contributed by atoms with van der Waals surface area (Å²) in [7, 11) is 0. The molecule has 4 rings (SSSR count). The fourth-order valence-corrected chi connectivity index (χ4v) is 2.97. The first-order chi connectivity index (χ1) is 9.42. The Labute approximate surface area is 112 Å². The molecule has 2 aromatic rings. The number of nitrogens with one attached hydrogen (secondary N) is 1. The largest absolute Gasteiger partial charge is 0.489 e. The fraction of sp³-hybridized carbons (Fsp3) is 0.250. The van der Waals surface area contributed by atoms with Crippen molar-refractivity contribution in [1.82, 2.24) is 5.43 Å². The molecule has 0 aliphatic carbocycles. The average Bonchev–Trinajstić information content (AvgIpc) is 2.93. The Balaban J connectivity index is 1.65. The van der Waals surface area contributed by atoms with E-state index in [0.29, 0.717) is 12.1 Å². The van der Waals surface area contributed by atoms with Gasteiger partial charge in [0.1, 0.15) is 12.4 Å². The van der Waals surface area contributed by atoms with Crippen molar-refractivity contribution >= 4 is 5.69 Å². The molecule has 2 heterocycles. The third-order valence-electron chi connectivity index (χ3n) is 3.93. The first-order valence-electron chi connectivity index (χ1n) is 6.74. The summed E-state index contributed by atoms with van der Waals surface area (Å²) in [6.45, 7) is 0.757. The van der Waals surface area contributed by atoms with Crippen LogP contribution in [0.5, 0.6) is 5.75 Å². The van der Waals surface area contributed by atoms with Crippen LogP contribution in [-0.2, 0) is 0 Å². The van der Waals surface area contributed by atoms with E-state index in [1.54, 1.807) is 0 Å². The number of hydrogen-bond donors (Lipinski definition) is 1. The zero-order valence-electron chi connectivity index (χ0n) is 10.6. The number of rotatable bonds is 1. The van der Waals surface area contributed by atoms with Crippen molar-refractivity contribution in [2.24, 2.45) is 0 Å². The van der Waals surface area contributed by atoms with Gasteiger partial charge >= 0.3 is 0 Å². The van der Waals surface area contributed by atoms with Gasteiger partial charge < -0.3 is 4.74 Å². The zero-order valence-corrected chi connectivity index (χ0v) is 10.6. The van der Waals surface area contributed by atoms with Gasteiger partial charge in [-0.2, -0.15) is 0 Å². The van der Waals surface area contributed by atoms with Crippen molar-refractivity contribution in [1.29, 1.82) is 0 Å². The number of anilines is 1. The molecule has 2 aromatic carbocycles. The molecule has 0 amide bonds. The Morgan fingerprint density at radius 1 is 1.00 bits per heavy atom. The molecule has 3 heteroatoms. The van der Waals surface area contributed by atoms with Crippen molar-refractivity contribution in [3.05, 3.63) is 60.2 Å². The molecule has 2 aliphatic rings. The topological polar surface area (TPSA) is 24.5 Å². The van der Waals surface area contributed by atoms with Gasteiger partial charge in [0.2, 0.25) is 0 Å². The van der Waals surface area contributed by atoms with Gasteiger partial charge in [0, 0.05) is 0 Å². The van der Waals surface area contributed by atoms with Crippen molar-refractivity contribution in [3.8, 4) is 5.75 Å². The smallest absolute Gasteiger partial charge is 0.144 e. The molecule has 3 nitrogen and oxygen atoms in total. The van der Waals surface area contributed by atoms with Crippen LogP contribution in [0.15, 0.2) is 54.6 Å². The van der Waals surface area contributed by atoms with E-state index in [1.807, 2.05) is 12.1 Å². The molecule has 1 N–H and O–H groups in total. The van der Waals surface area contributed by atoms with Gasteiger partial charge in [0.15, 0.2) is 0 Å². The lowest BCUT2D eigenvalue weighted by Gasteiger charge is -2.32. The molecule has 0 aromatic heterocycles. The van der Waals surface area contributed by atoms with E-state index >= 15 is 0 Å². The maximum Gasteiger partial charge on any atom is 0.144 e. The minimum absolute atomic E-state index is 0.376. The van der Waals surface area contributed by atoms with E-state index in [1.165, 1.54) is 5.56 Å². The van der Waals surface area contributed by atoms with E-state index < -0.39 is 0 Å². The van der Waals surface area contributed by atoms with Crippen LogP contribution in [0, 0.1) is 0 Å². The SMILES string of the molecule is c1ccc(C2CC3COc4ccccc4N3N2)cc1. The summed E-state index contributed by atoms with van der Waals surface area (Å²) in [6.07, 6.45) is 1.08. The van der Waals surface area contributed by atoms with Crippen LogP contribution in [0.25, 0.3) is 0 Å². The van der Waals surface area contributed by atoms with E-state index in [9.17, 15) is 0 Å². The molecule has 0 radical (unpaired) electrons. The highest BCUT2D eigenvalue weighted by Crippen LogP contribution is 2.39. The molecule has 0 spiro atoms. The number of nitrogens with zero attached hydrogens (tertiary/aromatic N) is 1. The van der Waals surface area contributed by atoms with Gasteiger partial charge in [-0.25, -0.2) is 5.43 Å². The highest BCUT2D eigenvalue weighted by Gasteiger charge is 2.37. The lowest BCUT2D eigenvalue weighted by atomic mass is 10.0. The quantitative estimate of drug-likeness (QED) is 0.844. The van der Waals surface area contributed by atoms with Gasteiger partial charge in [-0.05, 0) is 24.1 Å². The second-order valence-corrected chi connectivity index (χ2v) is 5.13. The molecular formula is C16H16N2O. The molecule has 2 aliphatic heterocycles. The Kier molecular flexibility index (Phi) is 2.45. The van der Waals surface area contributed by atoms with E-state index in [0.717, 1.165) is 24.5 Å². The maximum atomic E-state index is 5.84. The van der Waals surface area contributed by atoms with Crippen LogP contribution in [0.2, 0.25) is 0 Å². The number of ether oxygens (including phenoxy) is 1. The molecular weight excluding hydrogens is 236 g/mol. The van der Waals surface area contributed by atoms with Gasteiger partial charge in [-0.15, -0.1) is 0 Å². The summed E-state index contributed by atoms with van der Waals surface area (Å²) in [4.78, 5) is 0. The number of para-hydroxylation sites is 2. The minimum Gasteiger partial charge on any atom is -0.489 e. The van der Waals surface area contributed by atoms with Crippen LogP contribution >= 0.6 is 0 Å². The van der Waals surface area contributed by atoms with Gasteiger partial charge in [-0.3, -0.25) is 5.01 Å². The molecule has 0 bridgehead atoms. The second kappa shape index (κ2) is 4.28. The summed E-state index contributed by atoms with van der Waals surface area (Å²) in [5.74, 6) is 0.972. The zero-order chi connectivity index (χ0) is 12.7. The maximum absolute atomic E-state index is 5.84. The average molecular weight is 252 g/mol. The number of hydrogen-bond acceptors (Lipinski definition) is 3. The monoisotopic (exact) mass is 252 g/mol. The summed E-state index contributed by atoms with van der Waals surface area (Å²) < 4.78 is 5.84. The number of fused-ring (bicyclic) bond motifs is 3. The number of benzene rings is 2. The third kappa shape index (κ3) is 1.78. The highest BCUT2D eigenvalue weighted by atomic mass is 16.5. The van der Waals surface area contributed by atoms with Crippen molar-refractivity contribution in [2.45, 2.75) is 18.5 Å². The molecule has 2 unspecified atom stereocenters. The summed E-state index contributed by atoms with van der Waals surface area (Å²) in [5.41, 5.74) is 6.11. The van der Waals surface area contributed by atoms with Crippen molar-refractivity contribution in [3.63, 3.8) is 0 Å². The fourth-order valence-electron chi connectivity index (χ4n) is 2.97. The third-order valence-corrected chi connectivity index (χ3v) is 3.93. The van der Waals surface area contributed by atoms with Crippen molar-refractivity contribution in [2.75, 3.05) is 11.6 Å². The van der Waals surface area contributed by atoms with Gasteiger partial charge in [0.25, 0.3) is 0 Å². The Morgan fingerprint density at radius 3 is 2.68 bits per heavy atom. The number of hydrazine groups is 1. The Bertz CT molecular complexity index is 584. The van der Waals surface area contributed by atoms with Crippen LogP contribution in [0.4, 0.5) is 5.69 Å². The standard InChI is InChI=1S/C16H16N2O/c1-2-6-12(7-3-1)14-10-13-11-19-16-9-5-4-8-15(16)18(13)17-14/h1-9,13-14,17H,10-11H2.